The average Bonchev–Trinajstić information content (AvgIpc) is 2.68. The largest absolute Gasteiger partial charge is 0.342 e. The van der Waals surface area contributed by atoms with Gasteiger partial charge in [-0.15, -0.1) is 0 Å². The summed E-state index contributed by atoms with van der Waals surface area (Å²) in [4.78, 5) is 14.3. The van der Waals surface area contributed by atoms with Gasteiger partial charge in [0, 0.05) is 23.7 Å². The Labute approximate surface area is 143 Å². The fourth-order valence-corrected chi connectivity index (χ4v) is 5.25. The average molecular weight is 342 g/mol. The Hall–Kier alpha value is -1.90. The second-order valence-electron chi connectivity index (χ2n) is 6.06. The molecular weight excluding hydrogens is 319 g/mol. The molecule has 1 N–H and O–H groups in total. The molecule has 4 nitrogen and oxygen atoms in total. The maximum absolute atomic E-state index is 13.7. The number of likely N-dealkylation sites (tertiary alicyclic amines) is 1. The summed E-state index contributed by atoms with van der Waals surface area (Å²) in [6, 6.07) is 18.7. The molecule has 1 heterocycles. The molecule has 0 unspecified atom stereocenters. The van der Waals surface area contributed by atoms with Crippen molar-refractivity contribution in [3.8, 4) is 0 Å². The summed E-state index contributed by atoms with van der Waals surface area (Å²) in [5, 5.41) is 4.54. The first kappa shape index (κ1) is 16.9. The van der Waals surface area contributed by atoms with Gasteiger partial charge in [0.05, 0.1) is 6.54 Å². The fourth-order valence-electron chi connectivity index (χ4n) is 3.04. The van der Waals surface area contributed by atoms with E-state index in [4.69, 9.17) is 0 Å². The third-order valence-electron chi connectivity index (χ3n) is 4.40. The number of carbonyl (C=O) groups is 1. The summed E-state index contributed by atoms with van der Waals surface area (Å²) >= 11 is 0. The predicted molar refractivity (Wildman–Crippen MR) is 98.2 cm³/mol. The lowest BCUT2D eigenvalue weighted by Gasteiger charge is -2.28. The molecular formula is C19H23N2O2P. The zero-order valence-corrected chi connectivity index (χ0v) is 14.6. The first-order chi connectivity index (χ1) is 11.7. The predicted octanol–water partition coefficient (Wildman–Crippen LogP) is 2.52. The maximum atomic E-state index is 13.7. The van der Waals surface area contributed by atoms with E-state index in [1.807, 2.05) is 65.6 Å². The van der Waals surface area contributed by atoms with Gasteiger partial charge in [-0.1, -0.05) is 36.4 Å². The first-order valence-electron chi connectivity index (χ1n) is 8.44. The van der Waals surface area contributed by atoms with Crippen molar-refractivity contribution in [2.75, 3.05) is 19.6 Å². The van der Waals surface area contributed by atoms with Gasteiger partial charge in [-0.2, -0.15) is 0 Å². The molecule has 1 fully saturated rings. The molecule has 0 spiro atoms. The van der Waals surface area contributed by atoms with Gasteiger partial charge in [0.15, 0.2) is 0 Å². The summed E-state index contributed by atoms with van der Waals surface area (Å²) in [7, 11) is -3.03. The number of hydrogen-bond acceptors (Lipinski definition) is 2. The molecule has 1 aliphatic rings. The van der Waals surface area contributed by atoms with Crippen LogP contribution in [0.15, 0.2) is 60.7 Å². The zero-order valence-electron chi connectivity index (χ0n) is 13.7. The highest BCUT2D eigenvalue weighted by atomic mass is 31.2. The van der Waals surface area contributed by atoms with E-state index in [9.17, 15) is 9.36 Å². The molecule has 5 heteroatoms. The number of nitrogens with one attached hydrogen (secondary N) is 1. The van der Waals surface area contributed by atoms with E-state index in [-0.39, 0.29) is 12.5 Å². The highest BCUT2D eigenvalue weighted by Crippen LogP contribution is 2.38. The van der Waals surface area contributed by atoms with E-state index in [1.165, 1.54) is 6.42 Å². The van der Waals surface area contributed by atoms with E-state index >= 15 is 0 Å². The van der Waals surface area contributed by atoms with E-state index in [2.05, 4.69) is 5.09 Å². The molecule has 0 saturated carbocycles. The third-order valence-corrected chi connectivity index (χ3v) is 7.06. The minimum absolute atomic E-state index is 0.0294. The number of rotatable bonds is 5. The topological polar surface area (TPSA) is 49.4 Å². The number of amides is 1. The van der Waals surface area contributed by atoms with Crippen molar-refractivity contribution in [3.63, 3.8) is 0 Å². The number of hydrogen-bond donors (Lipinski definition) is 1. The van der Waals surface area contributed by atoms with Crippen LogP contribution in [0.25, 0.3) is 0 Å². The monoisotopic (exact) mass is 342 g/mol. The van der Waals surface area contributed by atoms with Crippen LogP contribution in [-0.4, -0.2) is 30.4 Å². The van der Waals surface area contributed by atoms with Gasteiger partial charge in [-0.05, 0) is 43.5 Å². The van der Waals surface area contributed by atoms with E-state index in [0.29, 0.717) is 0 Å². The Morgan fingerprint density at radius 3 is 1.88 bits per heavy atom. The molecule has 0 radical (unpaired) electrons. The molecule has 126 valence electrons. The van der Waals surface area contributed by atoms with Gasteiger partial charge in [0.1, 0.15) is 0 Å². The van der Waals surface area contributed by atoms with Crippen LogP contribution in [0, 0.1) is 0 Å². The summed E-state index contributed by atoms with van der Waals surface area (Å²) in [6.07, 6.45) is 3.30. The smallest absolute Gasteiger partial charge is 0.236 e. The quantitative estimate of drug-likeness (QED) is 0.850. The molecule has 0 aliphatic carbocycles. The summed E-state index contributed by atoms with van der Waals surface area (Å²) in [5.74, 6) is 0.0294. The van der Waals surface area contributed by atoms with Gasteiger partial charge in [-0.25, -0.2) is 0 Å². The van der Waals surface area contributed by atoms with Crippen molar-refractivity contribution in [1.29, 1.82) is 0 Å². The van der Waals surface area contributed by atoms with Crippen LogP contribution < -0.4 is 15.7 Å². The van der Waals surface area contributed by atoms with E-state index in [0.717, 1.165) is 36.5 Å². The van der Waals surface area contributed by atoms with Gasteiger partial charge < -0.3 is 4.90 Å². The van der Waals surface area contributed by atoms with E-state index < -0.39 is 7.29 Å². The number of benzene rings is 2. The lowest BCUT2D eigenvalue weighted by Crippen LogP contribution is -2.42. The Bertz CT molecular complexity index is 669. The van der Waals surface area contributed by atoms with Crippen molar-refractivity contribution in [2.45, 2.75) is 19.3 Å². The molecule has 1 aliphatic heterocycles. The van der Waals surface area contributed by atoms with Crippen molar-refractivity contribution in [2.24, 2.45) is 0 Å². The SMILES string of the molecule is O=C(CNP(=O)(c1ccccc1)c1ccccc1)N1CCCCC1. The molecule has 2 aromatic carbocycles. The van der Waals surface area contributed by atoms with Crippen LogP contribution in [0.2, 0.25) is 0 Å². The maximum Gasteiger partial charge on any atom is 0.236 e. The van der Waals surface area contributed by atoms with Crippen LogP contribution in [-0.2, 0) is 9.36 Å². The zero-order chi connectivity index (χ0) is 16.8. The van der Waals surface area contributed by atoms with Gasteiger partial charge >= 0.3 is 0 Å². The third kappa shape index (κ3) is 3.77. The van der Waals surface area contributed by atoms with Crippen LogP contribution in [0.4, 0.5) is 0 Å². The number of carbonyl (C=O) groups excluding carboxylic acids is 1. The number of nitrogens with zero attached hydrogens (tertiary/aromatic N) is 1. The van der Waals surface area contributed by atoms with Gasteiger partial charge in [0.2, 0.25) is 13.2 Å². The summed E-state index contributed by atoms with van der Waals surface area (Å²) in [6.45, 7) is 1.71. The van der Waals surface area contributed by atoms with Crippen LogP contribution >= 0.6 is 7.29 Å². The molecule has 1 amide bonds. The molecule has 2 aromatic rings. The van der Waals surface area contributed by atoms with Crippen LogP contribution in [0.3, 0.4) is 0 Å². The minimum Gasteiger partial charge on any atom is -0.342 e. The lowest BCUT2D eigenvalue weighted by atomic mass is 10.1. The molecule has 3 rings (SSSR count). The Morgan fingerprint density at radius 2 is 1.38 bits per heavy atom. The van der Waals surface area contributed by atoms with Crippen molar-refractivity contribution < 1.29 is 9.36 Å². The van der Waals surface area contributed by atoms with Crippen molar-refractivity contribution in [3.05, 3.63) is 60.7 Å². The number of piperidine rings is 1. The van der Waals surface area contributed by atoms with Crippen LogP contribution in [0.1, 0.15) is 19.3 Å². The summed E-state index contributed by atoms with van der Waals surface area (Å²) < 4.78 is 13.7. The highest BCUT2D eigenvalue weighted by molar-refractivity contribution is 7.76. The van der Waals surface area contributed by atoms with Crippen LogP contribution in [0.5, 0.6) is 0 Å². The molecule has 0 atom stereocenters. The molecule has 24 heavy (non-hydrogen) atoms. The Kier molecular flexibility index (Phi) is 5.49. The van der Waals surface area contributed by atoms with Gasteiger partial charge in [0.25, 0.3) is 0 Å². The standard InChI is InChI=1S/C19H23N2O2P/c22-19(21-14-8-3-9-15-21)16-20-24(23,17-10-4-1-5-11-17)18-12-6-2-7-13-18/h1-2,4-7,10-13H,3,8-9,14-16H2,(H,20,23). The lowest BCUT2D eigenvalue weighted by molar-refractivity contribution is -0.130. The molecule has 0 bridgehead atoms. The second kappa shape index (κ2) is 7.78. The first-order valence-corrected chi connectivity index (χ1v) is 10.1. The van der Waals surface area contributed by atoms with E-state index in [1.54, 1.807) is 0 Å². The van der Waals surface area contributed by atoms with Crippen molar-refractivity contribution >= 4 is 23.8 Å². The Morgan fingerprint density at radius 1 is 0.875 bits per heavy atom. The minimum atomic E-state index is -3.03. The van der Waals surface area contributed by atoms with Gasteiger partial charge in [-0.3, -0.25) is 14.4 Å². The highest BCUT2D eigenvalue weighted by Gasteiger charge is 2.28. The Balaban J connectivity index is 1.81. The summed E-state index contributed by atoms with van der Waals surface area (Å²) in [5.41, 5.74) is 0. The second-order valence-corrected chi connectivity index (χ2v) is 8.62. The van der Waals surface area contributed by atoms with Crippen molar-refractivity contribution in [1.82, 2.24) is 9.99 Å². The molecule has 0 aromatic heterocycles. The fraction of sp³-hybridized carbons (Fsp3) is 0.316. The molecule has 1 saturated heterocycles. The normalized spacial score (nSPS) is 15.2.